The zero-order chi connectivity index (χ0) is 12.0. The van der Waals surface area contributed by atoms with Crippen LogP contribution in [0.25, 0.3) is 0 Å². The number of rotatable bonds is 5. The zero-order valence-corrected chi connectivity index (χ0v) is 10.5. The molecule has 2 N–H and O–H groups in total. The van der Waals surface area contributed by atoms with Gasteiger partial charge in [-0.25, -0.2) is 4.72 Å². The van der Waals surface area contributed by atoms with E-state index in [1.807, 2.05) is 30.3 Å². The number of carbonyl (C=O) groups is 1. The van der Waals surface area contributed by atoms with E-state index in [-0.39, 0.29) is 0 Å². The fourth-order valence-electron chi connectivity index (χ4n) is 1.00. The average Bonchev–Trinajstić information content (AvgIpc) is 2.27. The molecule has 1 rings (SSSR count). The van der Waals surface area contributed by atoms with Crippen molar-refractivity contribution in [3.8, 4) is 0 Å². The Kier molecular flexibility index (Phi) is 5.45. The lowest BCUT2D eigenvalue weighted by Crippen LogP contribution is -2.29. The molecule has 1 aromatic carbocycles. The highest BCUT2D eigenvalue weighted by atomic mass is 32.2. The fourth-order valence-corrected chi connectivity index (χ4v) is 1.96. The quantitative estimate of drug-likeness (QED) is 0.624. The van der Waals surface area contributed by atoms with Gasteiger partial charge in [0.15, 0.2) is 0 Å². The van der Waals surface area contributed by atoms with Crippen LogP contribution < -0.4 is 4.72 Å². The van der Waals surface area contributed by atoms with Gasteiger partial charge in [-0.3, -0.25) is 4.79 Å². The van der Waals surface area contributed by atoms with Crippen LogP contribution in [0.5, 0.6) is 0 Å². The van der Waals surface area contributed by atoms with Crippen molar-refractivity contribution < 1.29 is 9.90 Å². The maximum absolute atomic E-state index is 10.6. The summed E-state index contributed by atoms with van der Waals surface area (Å²) in [5.74, 6) is -0.880. The molecule has 1 aromatic rings. The van der Waals surface area contributed by atoms with Gasteiger partial charge in [0, 0.05) is 6.42 Å². The summed E-state index contributed by atoms with van der Waals surface area (Å²) in [6.45, 7) is 1.58. The molecule has 0 spiro atoms. The molecule has 0 bridgehead atoms. The molecule has 3 nitrogen and oxygen atoms in total. The second-order valence-corrected chi connectivity index (χ2v) is 5.00. The van der Waals surface area contributed by atoms with E-state index < -0.39 is 12.0 Å². The topological polar surface area (TPSA) is 49.3 Å². The third-order valence-corrected chi connectivity index (χ3v) is 3.15. The summed E-state index contributed by atoms with van der Waals surface area (Å²) < 4.78 is 3.51. The second-order valence-electron chi connectivity index (χ2n) is 3.31. The lowest BCUT2D eigenvalue weighted by Gasteiger charge is -2.08. The van der Waals surface area contributed by atoms with Crippen LogP contribution in [0.2, 0.25) is 0 Å². The third kappa shape index (κ3) is 4.74. The van der Waals surface area contributed by atoms with Crippen molar-refractivity contribution in [2.24, 2.45) is 0 Å². The smallest absolute Gasteiger partial charge is 0.321 e. The molecular weight excluding hydrogens is 242 g/mol. The molecule has 0 aliphatic carbocycles. The van der Waals surface area contributed by atoms with Gasteiger partial charge in [0.1, 0.15) is 6.04 Å². The Hall–Kier alpha value is -0.910. The lowest BCUT2D eigenvalue weighted by atomic mass is 10.2. The first-order valence-electron chi connectivity index (χ1n) is 4.81. The third-order valence-electron chi connectivity index (χ3n) is 1.91. The van der Waals surface area contributed by atoms with Gasteiger partial charge in [0.2, 0.25) is 0 Å². The predicted octanol–water partition coefficient (Wildman–Crippen LogP) is 2.27. The number of hydrogen-bond acceptors (Lipinski definition) is 4. The summed E-state index contributed by atoms with van der Waals surface area (Å²) in [4.78, 5) is 10.6. The van der Waals surface area contributed by atoms with E-state index >= 15 is 0 Å². The van der Waals surface area contributed by atoms with Crippen LogP contribution >= 0.6 is 24.2 Å². The largest absolute Gasteiger partial charge is 0.480 e. The van der Waals surface area contributed by atoms with E-state index in [9.17, 15) is 4.79 Å². The predicted molar refractivity (Wildman–Crippen MR) is 70.6 cm³/mol. The van der Waals surface area contributed by atoms with Gasteiger partial charge in [0.05, 0.1) is 4.20 Å². The van der Waals surface area contributed by atoms with E-state index in [1.165, 1.54) is 11.9 Å². The van der Waals surface area contributed by atoms with Gasteiger partial charge < -0.3 is 5.11 Å². The van der Waals surface area contributed by atoms with E-state index in [1.54, 1.807) is 6.92 Å². The summed E-state index contributed by atoms with van der Waals surface area (Å²) in [6.07, 6.45) is 0.667. The first kappa shape index (κ1) is 13.2. The molecule has 16 heavy (non-hydrogen) atoms. The average molecular weight is 255 g/mol. The molecule has 0 fully saturated rings. The monoisotopic (exact) mass is 255 g/mol. The molecule has 0 aliphatic heterocycles. The first-order chi connectivity index (χ1) is 7.59. The Labute approximate surface area is 104 Å². The highest BCUT2D eigenvalue weighted by Crippen LogP contribution is 2.09. The molecule has 0 radical (unpaired) electrons. The number of hydrogen-bond donors (Lipinski definition) is 2. The van der Waals surface area contributed by atoms with Crippen LogP contribution in [0.4, 0.5) is 0 Å². The Bertz CT molecular complexity index is 368. The van der Waals surface area contributed by atoms with Crippen molar-refractivity contribution in [1.82, 2.24) is 4.72 Å². The first-order valence-corrected chi connectivity index (χ1v) is 6.04. The Balaban J connectivity index is 2.35. The molecule has 0 aliphatic rings. The highest BCUT2D eigenvalue weighted by molar-refractivity contribution is 8.21. The molecular formula is C11H13NO2S2. The van der Waals surface area contributed by atoms with Crippen LogP contribution in [0.15, 0.2) is 30.3 Å². The second kappa shape index (κ2) is 6.62. The number of benzene rings is 1. The van der Waals surface area contributed by atoms with Crippen molar-refractivity contribution in [1.29, 1.82) is 0 Å². The van der Waals surface area contributed by atoms with Crippen molar-refractivity contribution in [2.45, 2.75) is 19.4 Å². The van der Waals surface area contributed by atoms with Crippen LogP contribution in [-0.4, -0.2) is 21.3 Å². The van der Waals surface area contributed by atoms with Gasteiger partial charge >= 0.3 is 5.97 Å². The van der Waals surface area contributed by atoms with Gasteiger partial charge in [0.25, 0.3) is 0 Å². The Morgan fingerprint density at radius 2 is 2.12 bits per heavy atom. The molecule has 0 saturated carbocycles. The van der Waals surface area contributed by atoms with Gasteiger partial charge in [-0.2, -0.15) is 0 Å². The van der Waals surface area contributed by atoms with Gasteiger partial charge in [-0.1, -0.05) is 42.5 Å². The SMILES string of the molecule is CC(NSC(=S)Cc1ccccc1)C(=O)O. The van der Waals surface area contributed by atoms with Crippen molar-refractivity contribution >= 4 is 34.3 Å². The van der Waals surface area contributed by atoms with Crippen molar-refractivity contribution in [3.63, 3.8) is 0 Å². The number of carboxylic acid groups (broad SMARTS) is 1. The number of nitrogens with one attached hydrogen (secondary N) is 1. The minimum Gasteiger partial charge on any atom is -0.480 e. The summed E-state index contributed by atoms with van der Waals surface area (Å²) in [6, 6.07) is 9.25. The van der Waals surface area contributed by atoms with Crippen molar-refractivity contribution in [3.05, 3.63) is 35.9 Å². The summed E-state index contributed by atoms with van der Waals surface area (Å²) in [5, 5.41) is 8.67. The van der Waals surface area contributed by atoms with Gasteiger partial charge in [-0.15, -0.1) is 0 Å². The molecule has 0 amide bonds. The highest BCUT2D eigenvalue weighted by Gasteiger charge is 2.10. The summed E-state index contributed by atoms with van der Waals surface area (Å²) in [5.41, 5.74) is 1.13. The molecule has 86 valence electrons. The number of aliphatic carboxylic acids is 1. The summed E-state index contributed by atoms with van der Waals surface area (Å²) in [7, 11) is 0. The number of carboxylic acids is 1. The van der Waals surface area contributed by atoms with Crippen molar-refractivity contribution in [2.75, 3.05) is 0 Å². The minimum atomic E-state index is -0.880. The molecule has 0 heterocycles. The normalized spacial score (nSPS) is 12.1. The van der Waals surface area contributed by atoms with E-state index in [0.29, 0.717) is 6.42 Å². The molecule has 1 atom stereocenters. The van der Waals surface area contributed by atoms with Crippen LogP contribution in [0.1, 0.15) is 12.5 Å². The van der Waals surface area contributed by atoms with E-state index in [0.717, 1.165) is 9.76 Å². The maximum Gasteiger partial charge on any atom is 0.321 e. The van der Waals surface area contributed by atoms with E-state index in [4.69, 9.17) is 17.3 Å². The summed E-state index contributed by atoms with van der Waals surface area (Å²) >= 11 is 6.36. The Morgan fingerprint density at radius 1 is 1.50 bits per heavy atom. The Morgan fingerprint density at radius 3 is 2.69 bits per heavy atom. The maximum atomic E-state index is 10.6. The van der Waals surface area contributed by atoms with Gasteiger partial charge in [-0.05, 0) is 24.4 Å². The molecule has 0 aromatic heterocycles. The van der Waals surface area contributed by atoms with Crippen LogP contribution in [0, 0.1) is 0 Å². The minimum absolute atomic E-state index is 0.598. The molecule has 0 saturated heterocycles. The number of thiocarbonyl (C=S) groups is 1. The fraction of sp³-hybridized carbons (Fsp3) is 0.273. The van der Waals surface area contributed by atoms with E-state index in [2.05, 4.69) is 4.72 Å². The standard InChI is InChI=1S/C11H13NO2S2/c1-8(11(13)14)12-16-10(15)7-9-5-3-2-4-6-9/h2-6,8,12H,7H2,1H3,(H,13,14). The molecule has 1 unspecified atom stereocenters. The van der Waals surface area contributed by atoms with Crippen LogP contribution in [0.3, 0.4) is 0 Å². The zero-order valence-electron chi connectivity index (χ0n) is 8.84. The lowest BCUT2D eigenvalue weighted by molar-refractivity contribution is -0.138. The van der Waals surface area contributed by atoms with Crippen LogP contribution in [-0.2, 0) is 11.2 Å². The molecule has 5 heteroatoms.